The number of fused-ring (bicyclic) bond motifs is 1. The molecule has 0 aromatic rings. The van der Waals surface area contributed by atoms with E-state index in [2.05, 4.69) is 27.7 Å². The van der Waals surface area contributed by atoms with E-state index in [-0.39, 0.29) is 22.4 Å². The minimum absolute atomic E-state index is 0.217. The second kappa shape index (κ2) is 3.68. The summed E-state index contributed by atoms with van der Waals surface area (Å²) in [5.41, 5.74) is -1.37. The van der Waals surface area contributed by atoms with Gasteiger partial charge in [-0.3, -0.25) is 9.59 Å². The minimum atomic E-state index is -0.748. The molecule has 0 heterocycles. The molecule has 0 radical (unpaired) electrons. The van der Waals surface area contributed by atoms with Crippen molar-refractivity contribution in [3.63, 3.8) is 0 Å². The molecule has 0 N–H and O–H groups in total. The van der Waals surface area contributed by atoms with Gasteiger partial charge in [0.05, 0.1) is 5.41 Å². The summed E-state index contributed by atoms with van der Waals surface area (Å²) in [4.78, 5) is 25.4. The molecule has 2 atom stereocenters. The van der Waals surface area contributed by atoms with Crippen molar-refractivity contribution in [1.82, 2.24) is 0 Å². The zero-order valence-electron chi connectivity index (χ0n) is 12.6. The van der Waals surface area contributed by atoms with E-state index in [9.17, 15) is 9.59 Å². The Balaban J connectivity index is 2.41. The molecule has 0 amide bonds. The number of carbonyl (C=O) groups excluding carboxylic acids is 2. The fourth-order valence-corrected chi connectivity index (χ4v) is 4.48. The van der Waals surface area contributed by atoms with Gasteiger partial charge in [0.15, 0.2) is 11.6 Å². The lowest BCUT2D eigenvalue weighted by atomic mass is 9.80. The van der Waals surface area contributed by atoms with Crippen LogP contribution in [0, 0.1) is 28.1 Å². The lowest BCUT2D eigenvalue weighted by Gasteiger charge is -2.20. The fraction of sp³-hybridized carbons (Fsp3) is 0.875. The monoisotopic (exact) mass is 250 g/mol. The van der Waals surface area contributed by atoms with Crippen LogP contribution >= 0.6 is 0 Å². The second-order valence-electron chi connectivity index (χ2n) is 7.82. The Bertz CT molecular complexity index is 369. The van der Waals surface area contributed by atoms with Gasteiger partial charge in [-0.05, 0) is 44.9 Å². The molecular weight excluding hydrogens is 224 g/mol. The van der Waals surface area contributed by atoms with Crippen LogP contribution in [0.4, 0.5) is 0 Å². The quantitative estimate of drug-likeness (QED) is 0.714. The van der Waals surface area contributed by atoms with Gasteiger partial charge in [0, 0.05) is 10.8 Å². The van der Waals surface area contributed by atoms with Crippen LogP contribution in [0.25, 0.3) is 0 Å². The van der Waals surface area contributed by atoms with Crippen LogP contribution in [0.2, 0.25) is 0 Å². The topological polar surface area (TPSA) is 34.1 Å². The normalized spacial score (nSPS) is 37.6. The SMILES string of the molecule is CC(C)C[C@@]12C[C@]1(CC(C)C)C(=O)C(C)(C)C2=O. The molecule has 2 fully saturated rings. The molecule has 2 rings (SSSR count). The van der Waals surface area contributed by atoms with E-state index in [0.717, 1.165) is 19.3 Å². The van der Waals surface area contributed by atoms with Gasteiger partial charge < -0.3 is 0 Å². The van der Waals surface area contributed by atoms with E-state index >= 15 is 0 Å². The summed E-state index contributed by atoms with van der Waals surface area (Å²) in [6, 6.07) is 0. The third-order valence-electron chi connectivity index (χ3n) is 4.91. The van der Waals surface area contributed by atoms with Crippen LogP contribution in [0.3, 0.4) is 0 Å². The Hall–Kier alpha value is -0.660. The van der Waals surface area contributed by atoms with Crippen molar-refractivity contribution in [3.05, 3.63) is 0 Å². The first-order valence-electron chi connectivity index (χ1n) is 7.20. The highest BCUT2D eigenvalue weighted by molar-refractivity contribution is 6.22. The molecular formula is C16H26O2. The molecule has 0 aromatic heterocycles. The molecule has 0 aromatic carbocycles. The average molecular weight is 250 g/mol. The van der Waals surface area contributed by atoms with E-state index in [1.807, 2.05) is 13.8 Å². The molecule has 0 spiro atoms. The summed E-state index contributed by atoms with van der Waals surface area (Å²) in [6.07, 6.45) is 2.58. The van der Waals surface area contributed by atoms with Crippen molar-refractivity contribution >= 4 is 11.6 Å². The van der Waals surface area contributed by atoms with Crippen molar-refractivity contribution in [2.24, 2.45) is 28.1 Å². The predicted octanol–water partition coefficient (Wildman–Crippen LogP) is 3.63. The Morgan fingerprint density at radius 1 is 0.889 bits per heavy atom. The minimum Gasteiger partial charge on any atom is -0.298 e. The molecule has 2 saturated carbocycles. The number of Topliss-reactive ketones (excluding diaryl/α,β-unsaturated/α-hetero) is 2. The highest BCUT2D eigenvalue weighted by Crippen LogP contribution is 2.77. The molecule has 0 bridgehead atoms. The van der Waals surface area contributed by atoms with Crippen LogP contribution < -0.4 is 0 Å². The largest absolute Gasteiger partial charge is 0.298 e. The highest BCUT2D eigenvalue weighted by Gasteiger charge is 2.83. The van der Waals surface area contributed by atoms with Crippen molar-refractivity contribution in [2.75, 3.05) is 0 Å². The summed E-state index contributed by atoms with van der Waals surface area (Å²) in [7, 11) is 0. The molecule has 2 heteroatoms. The number of carbonyl (C=O) groups is 2. The molecule has 2 aliphatic rings. The first kappa shape index (κ1) is 13.8. The number of rotatable bonds is 4. The van der Waals surface area contributed by atoms with Crippen molar-refractivity contribution in [1.29, 1.82) is 0 Å². The van der Waals surface area contributed by atoms with Gasteiger partial charge >= 0.3 is 0 Å². The van der Waals surface area contributed by atoms with Gasteiger partial charge in [-0.2, -0.15) is 0 Å². The van der Waals surface area contributed by atoms with Gasteiger partial charge in [-0.1, -0.05) is 27.7 Å². The standard InChI is InChI=1S/C16H26O2/c1-10(2)7-15-9-16(15,8-11(3)4)13(18)14(5,6)12(15)17/h10-11H,7-9H2,1-6H3/t15-,16+. The first-order valence-corrected chi connectivity index (χ1v) is 7.20. The van der Waals surface area contributed by atoms with Gasteiger partial charge in [-0.15, -0.1) is 0 Å². The molecule has 2 aliphatic carbocycles. The zero-order chi connectivity index (χ0) is 13.9. The van der Waals surface area contributed by atoms with Crippen LogP contribution in [0.15, 0.2) is 0 Å². The Morgan fingerprint density at radius 2 is 1.22 bits per heavy atom. The third kappa shape index (κ3) is 1.47. The van der Waals surface area contributed by atoms with E-state index in [1.54, 1.807) is 0 Å². The lowest BCUT2D eigenvalue weighted by molar-refractivity contribution is -0.137. The predicted molar refractivity (Wildman–Crippen MR) is 72.2 cm³/mol. The van der Waals surface area contributed by atoms with Crippen LogP contribution in [0.1, 0.15) is 60.8 Å². The molecule has 0 saturated heterocycles. The fourth-order valence-electron chi connectivity index (χ4n) is 4.48. The van der Waals surface area contributed by atoms with Crippen molar-refractivity contribution in [3.8, 4) is 0 Å². The molecule has 0 aliphatic heterocycles. The van der Waals surface area contributed by atoms with E-state index < -0.39 is 5.41 Å². The maximum atomic E-state index is 12.7. The van der Waals surface area contributed by atoms with Crippen molar-refractivity contribution in [2.45, 2.75) is 60.8 Å². The number of hydrogen-bond donors (Lipinski definition) is 0. The Kier molecular flexibility index (Phi) is 2.81. The van der Waals surface area contributed by atoms with E-state index in [4.69, 9.17) is 0 Å². The zero-order valence-corrected chi connectivity index (χ0v) is 12.6. The molecule has 102 valence electrons. The average Bonchev–Trinajstić information content (AvgIpc) is 2.79. The lowest BCUT2D eigenvalue weighted by Crippen LogP contribution is -2.33. The third-order valence-corrected chi connectivity index (χ3v) is 4.91. The summed E-state index contributed by atoms with van der Waals surface area (Å²) in [6.45, 7) is 12.3. The second-order valence-corrected chi connectivity index (χ2v) is 7.82. The van der Waals surface area contributed by atoms with E-state index in [0.29, 0.717) is 11.8 Å². The smallest absolute Gasteiger partial charge is 0.153 e. The van der Waals surface area contributed by atoms with Gasteiger partial charge in [0.1, 0.15) is 0 Å². The summed E-state index contributed by atoms with van der Waals surface area (Å²) < 4.78 is 0. The summed E-state index contributed by atoms with van der Waals surface area (Å²) in [5.74, 6) is 1.39. The van der Waals surface area contributed by atoms with Crippen LogP contribution in [-0.2, 0) is 9.59 Å². The molecule has 18 heavy (non-hydrogen) atoms. The van der Waals surface area contributed by atoms with Crippen molar-refractivity contribution < 1.29 is 9.59 Å². The van der Waals surface area contributed by atoms with E-state index in [1.165, 1.54) is 0 Å². The van der Waals surface area contributed by atoms with Gasteiger partial charge in [-0.25, -0.2) is 0 Å². The maximum Gasteiger partial charge on any atom is 0.153 e. The Labute approximate surface area is 111 Å². The highest BCUT2D eigenvalue weighted by atomic mass is 16.2. The van der Waals surface area contributed by atoms with Gasteiger partial charge in [0.25, 0.3) is 0 Å². The molecule has 0 unspecified atom stereocenters. The summed E-state index contributed by atoms with van der Waals surface area (Å²) >= 11 is 0. The maximum absolute atomic E-state index is 12.7. The first-order chi connectivity index (χ1) is 8.10. The van der Waals surface area contributed by atoms with Crippen LogP contribution in [0.5, 0.6) is 0 Å². The van der Waals surface area contributed by atoms with Crippen LogP contribution in [-0.4, -0.2) is 11.6 Å². The Morgan fingerprint density at radius 3 is 1.50 bits per heavy atom. The number of ketones is 2. The number of hydrogen-bond acceptors (Lipinski definition) is 2. The molecule has 2 nitrogen and oxygen atoms in total. The summed E-state index contributed by atoms with van der Waals surface area (Å²) in [5, 5.41) is 0. The van der Waals surface area contributed by atoms with Gasteiger partial charge in [0.2, 0.25) is 0 Å².